The van der Waals surface area contributed by atoms with Crippen molar-refractivity contribution in [2.24, 2.45) is 5.41 Å². The maximum Gasteiger partial charge on any atom is 0.253 e. The third-order valence-corrected chi connectivity index (χ3v) is 4.61. The third kappa shape index (κ3) is 2.94. The van der Waals surface area contributed by atoms with Crippen molar-refractivity contribution in [3.63, 3.8) is 0 Å². The largest absolute Gasteiger partial charge is 0.339 e. The van der Waals surface area contributed by atoms with Gasteiger partial charge in [0.15, 0.2) is 0 Å². The highest BCUT2D eigenvalue weighted by Gasteiger charge is 2.27. The van der Waals surface area contributed by atoms with Crippen LogP contribution < -0.4 is 5.32 Å². The lowest BCUT2D eigenvalue weighted by molar-refractivity contribution is -0.115. The van der Waals surface area contributed by atoms with Crippen molar-refractivity contribution in [3.8, 4) is 0 Å². The van der Waals surface area contributed by atoms with Gasteiger partial charge < -0.3 is 10.2 Å². The predicted molar refractivity (Wildman–Crippen MR) is 82.3 cm³/mol. The second kappa shape index (κ2) is 5.17. The molecule has 0 unspecified atom stereocenters. The van der Waals surface area contributed by atoms with E-state index < -0.39 is 0 Å². The maximum absolute atomic E-state index is 12.7. The second-order valence-electron chi connectivity index (χ2n) is 6.91. The van der Waals surface area contributed by atoms with Crippen LogP contribution in [0.25, 0.3) is 0 Å². The Kier molecular flexibility index (Phi) is 3.47. The number of rotatable bonds is 1. The molecule has 112 valence electrons. The normalized spacial score (nSPS) is 20.7. The van der Waals surface area contributed by atoms with E-state index in [2.05, 4.69) is 19.2 Å². The molecule has 2 aliphatic rings. The fourth-order valence-electron chi connectivity index (χ4n) is 3.16. The van der Waals surface area contributed by atoms with Gasteiger partial charge in [-0.25, -0.2) is 0 Å². The first kappa shape index (κ1) is 14.1. The van der Waals surface area contributed by atoms with Gasteiger partial charge in [0.2, 0.25) is 5.91 Å². The molecule has 4 nitrogen and oxygen atoms in total. The first-order chi connectivity index (χ1) is 9.94. The number of amides is 2. The van der Waals surface area contributed by atoms with Crippen LogP contribution in [0, 0.1) is 5.41 Å². The SMILES string of the molecule is CC1(C)CCCN(C(=O)c2ccc3c(c2)NC(=O)C3)CC1. The van der Waals surface area contributed by atoms with E-state index in [0.717, 1.165) is 43.6 Å². The summed E-state index contributed by atoms with van der Waals surface area (Å²) in [5.41, 5.74) is 2.77. The first-order valence-corrected chi connectivity index (χ1v) is 7.67. The van der Waals surface area contributed by atoms with E-state index in [1.54, 1.807) is 0 Å². The van der Waals surface area contributed by atoms with Crippen molar-refractivity contribution in [2.75, 3.05) is 18.4 Å². The molecule has 0 aromatic heterocycles. The summed E-state index contributed by atoms with van der Waals surface area (Å²) in [7, 11) is 0. The minimum absolute atomic E-state index is 0.00567. The Labute approximate surface area is 125 Å². The number of fused-ring (bicyclic) bond motifs is 1. The number of carbonyl (C=O) groups excluding carboxylic acids is 2. The quantitative estimate of drug-likeness (QED) is 0.863. The summed E-state index contributed by atoms with van der Waals surface area (Å²) in [6.45, 7) is 6.18. The molecule has 0 aliphatic carbocycles. The summed E-state index contributed by atoms with van der Waals surface area (Å²) >= 11 is 0. The van der Waals surface area contributed by atoms with Gasteiger partial charge in [-0.2, -0.15) is 0 Å². The second-order valence-corrected chi connectivity index (χ2v) is 6.91. The van der Waals surface area contributed by atoms with Crippen LogP contribution >= 0.6 is 0 Å². The molecule has 2 heterocycles. The lowest BCUT2D eigenvalue weighted by atomic mass is 9.85. The van der Waals surface area contributed by atoms with E-state index in [1.165, 1.54) is 0 Å². The van der Waals surface area contributed by atoms with Gasteiger partial charge in [0.1, 0.15) is 0 Å². The van der Waals surface area contributed by atoms with E-state index in [4.69, 9.17) is 0 Å². The van der Waals surface area contributed by atoms with E-state index in [-0.39, 0.29) is 11.8 Å². The number of nitrogens with zero attached hydrogens (tertiary/aromatic N) is 1. The third-order valence-electron chi connectivity index (χ3n) is 4.61. The Bertz CT molecular complexity index is 592. The zero-order valence-electron chi connectivity index (χ0n) is 12.7. The highest BCUT2D eigenvalue weighted by molar-refractivity contribution is 6.02. The number of benzene rings is 1. The minimum Gasteiger partial charge on any atom is -0.339 e. The lowest BCUT2D eigenvalue weighted by Gasteiger charge is -2.23. The molecule has 1 aromatic carbocycles. The molecule has 0 bridgehead atoms. The number of anilines is 1. The van der Waals surface area contributed by atoms with Crippen LogP contribution in [0.5, 0.6) is 0 Å². The number of likely N-dealkylation sites (tertiary alicyclic amines) is 1. The van der Waals surface area contributed by atoms with Crippen LogP contribution in [0.1, 0.15) is 49.0 Å². The molecule has 1 N–H and O–H groups in total. The molecule has 0 radical (unpaired) electrons. The topological polar surface area (TPSA) is 49.4 Å². The average molecular weight is 286 g/mol. The zero-order valence-corrected chi connectivity index (χ0v) is 12.7. The first-order valence-electron chi connectivity index (χ1n) is 7.67. The van der Waals surface area contributed by atoms with Gasteiger partial charge >= 0.3 is 0 Å². The number of hydrogen-bond donors (Lipinski definition) is 1. The molecule has 1 fully saturated rings. The lowest BCUT2D eigenvalue weighted by Crippen LogP contribution is -2.32. The van der Waals surface area contributed by atoms with Crippen LogP contribution in [0.3, 0.4) is 0 Å². The molecule has 3 rings (SSSR count). The number of carbonyl (C=O) groups is 2. The molecule has 0 saturated carbocycles. The molecule has 4 heteroatoms. The number of hydrogen-bond acceptors (Lipinski definition) is 2. The van der Waals surface area contributed by atoms with E-state index in [9.17, 15) is 9.59 Å². The molecular formula is C17H22N2O2. The van der Waals surface area contributed by atoms with Gasteiger partial charge in [0.05, 0.1) is 6.42 Å². The summed E-state index contributed by atoms with van der Waals surface area (Å²) in [5.74, 6) is 0.0859. The summed E-state index contributed by atoms with van der Waals surface area (Å²) in [6, 6.07) is 5.55. The average Bonchev–Trinajstić information content (AvgIpc) is 2.70. The van der Waals surface area contributed by atoms with Crippen molar-refractivity contribution < 1.29 is 9.59 Å². The van der Waals surface area contributed by atoms with E-state index in [1.807, 2.05) is 23.1 Å². The Morgan fingerprint density at radius 3 is 2.86 bits per heavy atom. The number of nitrogens with one attached hydrogen (secondary N) is 1. The van der Waals surface area contributed by atoms with Crippen LogP contribution in [0.15, 0.2) is 18.2 Å². The predicted octanol–water partition coefficient (Wildman–Crippen LogP) is 2.83. The van der Waals surface area contributed by atoms with Crippen LogP contribution in [-0.4, -0.2) is 29.8 Å². The molecule has 0 spiro atoms. The van der Waals surface area contributed by atoms with Gasteiger partial charge in [0.25, 0.3) is 5.91 Å². The smallest absolute Gasteiger partial charge is 0.253 e. The van der Waals surface area contributed by atoms with Gasteiger partial charge in [-0.3, -0.25) is 9.59 Å². The zero-order chi connectivity index (χ0) is 15.0. The molecule has 0 atom stereocenters. The standard InChI is InChI=1S/C17H22N2O2/c1-17(2)6-3-8-19(9-7-17)16(21)13-5-4-12-11-15(20)18-14(12)10-13/h4-5,10H,3,6-9,11H2,1-2H3,(H,18,20). The maximum atomic E-state index is 12.7. The van der Waals surface area contributed by atoms with Crippen molar-refractivity contribution in [3.05, 3.63) is 29.3 Å². The molecule has 2 aliphatic heterocycles. The monoisotopic (exact) mass is 286 g/mol. The van der Waals surface area contributed by atoms with Crippen molar-refractivity contribution in [1.29, 1.82) is 0 Å². The molecule has 1 saturated heterocycles. The highest BCUT2D eigenvalue weighted by Crippen LogP contribution is 2.31. The molecular weight excluding hydrogens is 264 g/mol. The van der Waals surface area contributed by atoms with Crippen molar-refractivity contribution in [2.45, 2.75) is 39.5 Å². The Morgan fingerprint density at radius 2 is 2.05 bits per heavy atom. The fraction of sp³-hybridized carbons (Fsp3) is 0.529. The van der Waals surface area contributed by atoms with Crippen LogP contribution in [0.4, 0.5) is 5.69 Å². The van der Waals surface area contributed by atoms with E-state index >= 15 is 0 Å². The molecule has 1 aromatic rings. The Balaban J connectivity index is 1.77. The van der Waals surface area contributed by atoms with Gasteiger partial charge in [0, 0.05) is 24.3 Å². The van der Waals surface area contributed by atoms with Crippen molar-refractivity contribution >= 4 is 17.5 Å². The summed E-state index contributed by atoms with van der Waals surface area (Å²) in [5, 5.41) is 2.81. The van der Waals surface area contributed by atoms with Crippen LogP contribution in [0.2, 0.25) is 0 Å². The molecule has 2 amide bonds. The van der Waals surface area contributed by atoms with Crippen molar-refractivity contribution in [1.82, 2.24) is 4.90 Å². The molecule has 21 heavy (non-hydrogen) atoms. The fourth-order valence-corrected chi connectivity index (χ4v) is 3.16. The highest BCUT2D eigenvalue weighted by atomic mass is 16.2. The van der Waals surface area contributed by atoms with E-state index in [0.29, 0.717) is 17.4 Å². The van der Waals surface area contributed by atoms with Gasteiger partial charge in [-0.15, -0.1) is 0 Å². The van der Waals surface area contributed by atoms with Gasteiger partial charge in [-0.1, -0.05) is 19.9 Å². The van der Waals surface area contributed by atoms with Gasteiger partial charge in [-0.05, 0) is 42.4 Å². The minimum atomic E-state index is 0.00567. The van der Waals surface area contributed by atoms with Crippen LogP contribution in [-0.2, 0) is 11.2 Å². The summed E-state index contributed by atoms with van der Waals surface area (Å²) < 4.78 is 0. The summed E-state index contributed by atoms with van der Waals surface area (Å²) in [4.78, 5) is 26.0. The summed E-state index contributed by atoms with van der Waals surface area (Å²) in [6.07, 6.45) is 3.68. The Morgan fingerprint density at radius 1 is 1.24 bits per heavy atom. The Hall–Kier alpha value is -1.84.